The van der Waals surface area contributed by atoms with Crippen molar-refractivity contribution in [3.05, 3.63) is 72.2 Å². The molecule has 2 aromatic heterocycles. The van der Waals surface area contributed by atoms with Gasteiger partial charge in [-0.1, -0.05) is 25.1 Å². The van der Waals surface area contributed by atoms with Gasteiger partial charge in [0.05, 0.1) is 19.8 Å². The van der Waals surface area contributed by atoms with Gasteiger partial charge in [-0.2, -0.15) is 0 Å². The lowest BCUT2D eigenvalue weighted by Crippen LogP contribution is -2.41. The standard InChI is InChI=1S/C22H24N2O4/c1-3-18(15-25)24(14-16-6-5-11-23-13-16)22(26)21-10-9-20(28-21)17-7-4-8-19(12-17)27-2/h4-13,18,25H,3,14-15H2,1-2H3/t18-/m1/s1. The van der Waals surface area contributed by atoms with Crippen LogP contribution in [0.1, 0.15) is 29.5 Å². The van der Waals surface area contributed by atoms with Crippen molar-refractivity contribution in [3.63, 3.8) is 0 Å². The molecular formula is C22H24N2O4. The SMILES string of the molecule is CC[C@H](CO)N(Cc1cccnc1)C(=O)c1ccc(-c2cccc(OC)c2)o1. The molecule has 1 aromatic carbocycles. The number of aromatic nitrogens is 1. The Morgan fingerprint density at radius 1 is 1.25 bits per heavy atom. The van der Waals surface area contributed by atoms with Gasteiger partial charge in [0.15, 0.2) is 5.76 Å². The van der Waals surface area contributed by atoms with Gasteiger partial charge in [0.25, 0.3) is 5.91 Å². The summed E-state index contributed by atoms with van der Waals surface area (Å²) < 4.78 is 11.1. The quantitative estimate of drug-likeness (QED) is 0.644. The zero-order valence-corrected chi connectivity index (χ0v) is 16.0. The predicted molar refractivity (Wildman–Crippen MR) is 106 cm³/mol. The maximum absolute atomic E-state index is 13.2. The van der Waals surface area contributed by atoms with Gasteiger partial charge >= 0.3 is 0 Å². The number of amides is 1. The predicted octanol–water partition coefficient (Wildman–Crippen LogP) is 3.76. The molecule has 1 atom stereocenters. The molecule has 0 radical (unpaired) electrons. The molecule has 146 valence electrons. The maximum atomic E-state index is 13.2. The highest BCUT2D eigenvalue weighted by molar-refractivity contribution is 5.92. The van der Waals surface area contributed by atoms with Crippen LogP contribution in [0.4, 0.5) is 0 Å². The largest absolute Gasteiger partial charge is 0.497 e. The van der Waals surface area contributed by atoms with Crippen LogP contribution in [0.25, 0.3) is 11.3 Å². The third-order valence-corrected chi connectivity index (χ3v) is 4.63. The third-order valence-electron chi connectivity index (χ3n) is 4.63. The number of rotatable bonds is 8. The van der Waals surface area contributed by atoms with E-state index >= 15 is 0 Å². The minimum Gasteiger partial charge on any atom is -0.497 e. The Hall–Kier alpha value is -3.12. The molecule has 1 N–H and O–H groups in total. The Balaban J connectivity index is 1.87. The Labute approximate surface area is 164 Å². The summed E-state index contributed by atoms with van der Waals surface area (Å²) in [7, 11) is 1.60. The summed E-state index contributed by atoms with van der Waals surface area (Å²) in [6.45, 7) is 2.17. The molecule has 0 fully saturated rings. The lowest BCUT2D eigenvalue weighted by molar-refractivity contribution is 0.0533. The fourth-order valence-electron chi connectivity index (χ4n) is 3.03. The van der Waals surface area contributed by atoms with Crippen molar-refractivity contribution in [2.24, 2.45) is 0 Å². The molecule has 0 bridgehead atoms. The summed E-state index contributed by atoms with van der Waals surface area (Å²) >= 11 is 0. The molecule has 0 unspecified atom stereocenters. The average Bonchev–Trinajstić information content (AvgIpc) is 3.24. The van der Waals surface area contributed by atoms with E-state index in [9.17, 15) is 9.90 Å². The van der Waals surface area contributed by atoms with E-state index < -0.39 is 0 Å². The number of carbonyl (C=O) groups is 1. The van der Waals surface area contributed by atoms with Gasteiger partial charge in [-0.25, -0.2) is 0 Å². The van der Waals surface area contributed by atoms with E-state index in [0.717, 1.165) is 11.1 Å². The third kappa shape index (κ3) is 4.40. The number of furan rings is 1. The second kappa shape index (κ2) is 9.19. The van der Waals surface area contributed by atoms with Crippen molar-refractivity contribution in [2.45, 2.75) is 25.9 Å². The zero-order chi connectivity index (χ0) is 19.9. The molecule has 0 aliphatic rings. The van der Waals surface area contributed by atoms with Crippen molar-refractivity contribution in [1.29, 1.82) is 0 Å². The van der Waals surface area contributed by atoms with Crippen LogP contribution in [0, 0.1) is 0 Å². The molecule has 0 saturated heterocycles. The Morgan fingerprint density at radius 3 is 2.79 bits per heavy atom. The highest BCUT2D eigenvalue weighted by Gasteiger charge is 2.26. The summed E-state index contributed by atoms with van der Waals surface area (Å²) in [5.74, 6) is 1.26. The van der Waals surface area contributed by atoms with Gasteiger partial charge in [-0.15, -0.1) is 0 Å². The first-order valence-electron chi connectivity index (χ1n) is 9.21. The summed E-state index contributed by atoms with van der Waals surface area (Å²) in [5.41, 5.74) is 1.72. The molecule has 1 amide bonds. The number of methoxy groups -OCH3 is 1. The van der Waals surface area contributed by atoms with Crippen LogP contribution < -0.4 is 4.74 Å². The van der Waals surface area contributed by atoms with Crippen LogP contribution in [0.2, 0.25) is 0 Å². The number of nitrogens with zero attached hydrogens (tertiary/aromatic N) is 2. The van der Waals surface area contributed by atoms with Gasteiger partial charge in [0, 0.05) is 24.5 Å². The van der Waals surface area contributed by atoms with Crippen LogP contribution in [0.15, 0.2) is 65.3 Å². The van der Waals surface area contributed by atoms with E-state index in [-0.39, 0.29) is 24.3 Å². The Bertz CT molecular complexity index is 904. The summed E-state index contributed by atoms with van der Waals surface area (Å²) in [6, 6.07) is 14.3. The molecule has 3 aromatic rings. The number of hydrogen-bond donors (Lipinski definition) is 1. The van der Waals surface area contributed by atoms with Gasteiger partial charge < -0.3 is 19.2 Å². The minimum absolute atomic E-state index is 0.119. The average molecular weight is 380 g/mol. The fraction of sp³-hybridized carbons (Fsp3) is 0.273. The lowest BCUT2D eigenvalue weighted by atomic mass is 10.1. The van der Waals surface area contributed by atoms with Crippen molar-refractivity contribution in [3.8, 4) is 17.1 Å². The summed E-state index contributed by atoms with van der Waals surface area (Å²) in [5, 5.41) is 9.76. The number of hydrogen-bond acceptors (Lipinski definition) is 5. The molecule has 28 heavy (non-hydrogen) atoms. The molecule has 2 heterocycles. The summed E-state index contributed by atoms with van der Waals surface area (Å²) in [6.07, 6.45) is 4.03. The fourth-order valence-corrected chi connectivity index (χ4v) is 3.03. The maximum Gasteiger partial charge on any atom is 0.290 e. The van der Waals surface area contributed by atoms with Gasteiger partial charge in [-0.05, 0) is 42.3 Å². The van der Waals surface area contributed by atoms with Crippen molar-refractivity contribution in [1.82, 2.24) is 9.88 Å². The number of carbonyl (C=O) groups excluding carboxylic acids is 1. The summed E-state index contributed by atoms with van der Waals surface area (Å²) in [4.78, 5) is 18.9. The topological polar surface area (TPSA) is 75.8 Å². The monoisotopic (exact) mass is 380 g/mol. The molecule has 0 spiro atoms. The van der Waals surface area contributed by atoms with E-state index in [4.69, 9.17) is 9.15 Å². The Morgan fingerprint density at radius 2 is 2.11 bits per heavy atom. The number of benzene rings is 1. The highest BCUT2D eigenvalue weighted by atomic mass is 16.5. The first-order chi connectivity index (χ1) is 13.7. The van der Waals surface area contributed by atoms with Gasteiger partial charge in [0.1, 0.15) is 11.5 Å². The highest BCUT2D eigenvalue weighted by Crippen LogP contribution is 2.27. The second-order valence-corrected chi connectivity index (χ2v) is 6.43. The first-order valence-corrected chi connectivity index (χ1v) is 9.21. The van der Waals surface area contributed by atoms with E-state index in [0.29, 0.717) is 24.5 Å². The van der Waals surface area contributed by atoms with Crippen LogP contribution in [-0.4, -0.2) is 40.7 Å². The molecule has 6 nitrogen and oxygen atoms in total. The van der Waals surface area contributed by atoms with Crippen LogP contribution in [-0.2, 0) is 6.54 Å². The van der Waals surface area contributed by atoms with E-state index in [1.165, 1.54) is 0 Å². The number of aliphatic hydroxyl groups is 1. The molecule has 6 heteroatoms. The van der Waals surface area contributed by atoms with Gasteiger partial charge in [0.2, 0.25) is 0 Å². The van der Waals surface area contributed by atoms with Crippen LogP contribution >= 0.6 is 0 Å². The van der Waals surface area contributed by atoms with Crippen LogP contribution in [0.3, 0.4) is 0 Å². The molecule has 0 saturated carbocycles. The Kier molecular flexibility index (Phi) is 6.45. The normalized spacial score (nSPS) is 11.8. The number of ether oxygens (including phenoxy) is 1. The van der Waals surface area contributed by atoms with Crippen molar-refractivity contribution < 1.29 is 19.1 Å². The van der Waals surface area contributed by atoms with Crippen LogP contribution in [0.5, 0.6) is 5.75 Å². The molecular weight excluding hydrogens is 356 g/mol. The number of pyridine rings is 1. The van der Waals surface area contributed by atoms with E-state index in [1.54, 1.807) is 36.5 Å². The zero-order valence-electron chi connectivity index (χ0n) is 16.0. The number of aliphatic hydroxyl groups excluding tert-OH is 1. The molecule has 0 aliphatic heterocycles. The molecule has 0 aliphatic carbocycles. The van der Waals surface area contributed by atoms with Crippen molar-refractivity contribution >= 4 is 5.91 Å². The van der Waals surface area contributed by atoms with Crippen molar-refractivity contribution in [2.75, 3.05) is 13.7 Å². The van der Waals surface area contributed by atoms with E-state index in [1.807, 2.05) is 43.3 Å². The smallest absolute Gasteiger partial charge is 0.290 e. The van der Waals surface area contributed by atoms with Gasteiger partial charge in [-0.3, -0.25) is 9.78 Å². The van der Waals surface area contributed by atoms with E-state index in [2.05, 4.69) is 4.98 Å². The lowest BCUT2D eigenvalue weighted by Gasteiger charge is -2.29. The molecule has 3 rings (SSSR count). The second-order valence-electron chi connectivity index (χ2n) is 6.43. The minimum atomic E-state index is -0.307. The first kappa shape index (κ1) is 19.6.